The highest BCUT2D eigenvalue weighted by Crippen LogP contribution is 2.46. The van der Waals surface area contributed by atoms with Crippen LogP contribution in [0.4, 0.5) is 26.3 Å². The highest BCUT2D eigenvalue weighted by Gasteiger charge is 2.67. The Morgan fingerprint density at radius 3 is 1.80 bits per heavy atom. The minimum atomic E-state index is -5.76. The number of hydrogen-bond donors (Lipinski definition) is 0. The highest BCUT2D eigenvalue weighted by atomic mass is 19.4. The summed E-state index contributed by atoms with van der Waals surface area (Å²) in [5.74, 6) is -6.19. The average molecular weight is 306 g/mol. The van der Waals surface area contributed by atoms with E-state index in [9.17, 15) is 31.1 Å². The van der Waals surface area contributed by atoms with E-state index in [1.165, 1.54) is 0 Å². The Kier molecular flexibility index (Phi) is 5.68. The molecule has 0 rings (SSSR count). The summed E-state index contributed by atoms with van der Waals surface area (Å²) in [6.45, 7) is 6.47. The van der Waals surface area contributed by atoms with Gasteiger partial charge in [0.25, 0.3) is 6.17 Å². The molecule has 0 bridgehead atoms. The molecule has 0 aliphatic rings. The van der Waals surface area contributed by atoms with Gasteiger partial charge in [0.15, 0.2) is 5.60 Å². The lowest BCUT2D eigenvalue weighted by Crippen LogP contribution is -2.59. The zero-order valence-corrected chi connectivity index (χ0v) is 11.3. The molecule has 20 heavy (non-hydrogen) atoms. The van der Waals surface area contributed by atoms with E-state index in [4.69, 9.17) is 0 Å². The molecule has 0 aromatic rings. The molecule has 1 atom stereocenters. The van der Waals surface area contributed by atoms with Crippen LogP contribution in [0.15, 0.2) is 12.2 Å². The first-order valence-electron chi connectivity index (χ1n) is 5.83. The molecule has 2 nitrogen and oxygen atoms in total. The SMILES string of the molecule is C=C(C)C(=O)OC(CC)(CC)C(F)(F)C(F)C(F)(F)F. The number of rotatable bonds is 6. The monoisotopic (exact) mass is 306 g/mol. The van der Waals surface area contributed by atoms with Crippen molar-refractivity contribution in [3.8, 4) is 0 Å². The lowest BCUT2D eigenvalue weighted by molar-refractivity contribution is -0.297. The zero-order valence-electron chi connectivity index (χ0n) is 11.3. The van der Waals surface area contributed by atoms with Crippen molar-refractivity contribution in [3.63, 3.8) is 0 Å². The van der Waals surface area contributed by atoms with Crippen molar-refractivity contribution < 1.29 is 35.9 Å². The Morgan fingerprint density at radius 2 is 1.55 bits per heavy atom. The van der Waals surface area contributed by atoms with Gasteiger partial charge >= 0.3 is 18.1 Å². The molecule has 0 heterocycles. The first-order chi connectivity index (χ1) is 8.85. The molecule has 0 aromatic heterocycles. The summed E-state index contributed by atoms with van der Waals surface area (Å²) in [5, 5.41) is 0. The minimum absolute atomic E-state index is 0.269. The number of carbonyl (C=O) groups is 1. The molecular weight excluding hydrogens is 290 g/mol. The predicted molar refractivity (Wildman–Crippen MR) is 60.1 cm³/mol. The second-order valence-electron chi connectivity index (χ2n) is 4.40. The van der Waals surface area contributed by atoms with E-state index in [1.807, 2.05) is 0 Å². The van der Waals surface area contributed by atoms with Gasteiger partial charge in [-0.15, -0.1) is 0 Å². The van der Waals surface area contributed by atoms with Crippen LogP contribution < -0.4 is 0 Å². The Labute approximate surface area is 112 Å². The van der Waals surface area contributed by atoms with E-state index in [1.54, 1.807) is 0 Å². The fourth-order valence-corrected chi connectivity index (χ4v) is 1.63. The number of hydrogen-bond acceptors (Lipinski definition) is 2. The number of esters is 1. The van der Waals surface area contributed by atoms with Crippen LogP contribution >= 0.6 is 0 Å². The van der Waals surface area contributed by atoms with Crippen molar-refractivity contribution >= 4 is 5.97 Å². The smallest absolute Gasteiger partial charge is 0.425 e. The predicted octanol–water partition coefficient (Wildman–Crippen LogP) is 4.20. The molecule has 0 saturated carbocycles. The maximum absolute atomic E-state index is 13.9. The van der Waals surface area contributed by atoms with Gasteiger partial charge in [-0.1, -0.05) is 20.4 Å². The first-order valence-corrected chi connectivity index (χ1v) is 5.83. The number of ether oxygens (including phenoxy) is 1. The summed E-state index contributed by atoms with van der Waals surface area (Å²) < 4.78 is 82.0. The molecule has 0 fully saturated rings. The summed E-state index contributed by atoms with van der Waals surface area (Å²) in [6.07, 6.45) is -11.5. The molecule has 0 saturated heterocycles. The Hall–Kier alpha value is -1.21. The molecule has 0 amide bonds. The maximum atomic E-state index is 13.9. The van der Waals surface area contributed by atoms with Crippen LogP contribution in [-0.4, -0.2) is 29.8 Å². The number of carbonyl (C=O) groups excluding carboxylic acids is 1. The van der Waals surface area contributed by atoms with Crippen molar-refractivity contribution in [2.45, 2.75) is 57.5 Å². The maximum Gasteiger partial charge on any atom is 0.425 e. The summed E-state index contributed by atoms with van der Waals surface area (Å²) in [7, 11) is 0. The largest absolute Gasteiger partial charge is 0.449 e. The van der Waals surface area contributed by atoms with Gasteiger partial charge in [0, 0.05) is 5.57 Å². The number of halogens is 6. The topological polar surface area (TPSA) is 26.3 Å². The molecule has 0 aliphatic heterocycles. The third-order valence-electron chi connectivity index (χ3n) is 2.99. The third-order valence-corrected chi connectivity index (χ3v) is 2.99. The number of alkyl halides is 6. The minimum Gasteiger partial charge on any atom is -0.449 e. The van der Waals surface area contributed by atoms with Crippen LogP contribution in [0.1, 0.15) is 33.6 Å². The normalized spacial score (nSPS) is 14.8. The van der Waals surface area contributed by atoms with Crippen LogP contribution in [-0.2, 0) is 9.53 Å². The molecule has 0 aliphatic carbocycles. The molecule has 0 aromatic carbocycles. The summed E-state index contributed by atoms with van der Waals surface area (Å²) in [6, 6.07) is 0. The highest BCUT2D eigenvalue weighted by molar-refractivity contribution is 5.87. The van der Waals surface area contributed by atoms with E-state index in [2.05, 4.69) is 11.3 Å². The third kappa shape index (κ3) is 3.46. The van der Waals surface area contributed by atoms with Crippen molar-refractivity contribution in [1.82, 2.24) is 0 Å². The van der Waals surface area contributed by atoms with Crippen molar-refractivity contribution in [1.29, 1.82) is 0 Å². The van der Waals surface area contributed by atoms with E-state index >= 15 is 0 Å². The average Bonchev–Trinajstić information content (AvgIpc) is 2.33. The molecule has 118 valence electrons. The quantitative estimate of drug-likeness (QED) is 0.417. The van der Waals surface area contributed by atoms with Crippen LogP contribution in [0.2, 0.25) is 0 Å². The second kappa shape index (κ2) is 6.05. The second-order valence-corrected chi connectivity index (χ2v) is 4.40. The molecular formula is C12H16F6O2. The standard InChI is InChI=1S/C12H16F6O2/c1-5-10(6-2,20-8(19)7(3)4)11(14,15)9(13)12(16,17)18/h9H,3,5-6H2,1-2,4H3. The molecule has 0 spiro atoms. The van der Waals surface area contributed by atoms with Crippen molar-refractivity contribution in [2.75, 3.05) is 0 Å². The van der Waals surface area contributed by atoms with Gasteiger partial charge < -0.3 is 4.74 Å². The van der Waals surface area contributed by atoms with Gasteiger partial charge in [0.1, 0.15) is 0 Å². The van der Waals surface area contributed by atoms with Crippen molar-refractivity contribution in [3.05, 3.63) is 12.2 Å². The van der Waals surface area contributed by atoms with Crippen LogP contribution in [0.25, 0.3) is 0 Å². The summed E-state index contributed by atoms with van der Waals surface area (Å²) >= 11 is 0. The van der Waals surface area contributed by atoms with Crippen LogP contribution in [0, 0.1) is 0 Å². The van der Waals surface area contributed by atoms with Crippen LogP contribution in [0.5, 0.6) is 0 Å². The molecule has 8 heteroatoms. The lowest BCUT2D eigenvalue weighted by Gasteiger charge is -2.40. The first kappa shape index (κ1) is 18.8. The summed E-state index contributed by atoms with van der Waals surface area (Å²) in [4.78, 5) is 11.3. The van der Waals surface area contributed by atoms with E-state index < -0.39 is 42.7 Å². The van der Waals surface area contributed by atoms with Gasteiger partial charge in [-0.2, -0.15) is 22.0 Å². The molecule has 0 N–H and O–H groups in total. The molecule has 0 radical (unpaired) electrons. The van der Waals surface area contributed by atoms with Crippen molar-refractivity contribution in [2.24, 2.45) is 0 Å². The Bertz CT molecular complexity index is 371. The lowest BCUT2D eigenvalue weighted by atomic mass is 9.86. The van der Waals surface area contributed by atoms with E-state index in [0.717, 1.165) is 20.8 Å². The van der Waals surface area contributed by atoms with Gasteiger partial charge in [-0.25, -0.2) is 9.18 Å². The fourth-order valence-electron chi connectivity index (χ4n) is 1.63. The Balaban J connectivity index is 5.65. The van der Waals surface area contributed by atoms with Gasteiger partial charge in [0.05, 0.1) is 0 Å². The van der Waals surface area contributed by atoms with Gasteiger partial charge in [-0.05, 0) is 19.8 Å². The van der Waals surface area contributed by atoms with E-state index in [-0.39, 0.29) is 5.57 Å². The molecule has 1 unspecified atom stereocenters. The zero-order chi connectivity index (χ0) is 16.4. The van der Waals surface area contributed by atoms with Crippen LogP contribution in [0.3, 0.4) is 0 Å². The van der Waals surface area contributed by atoms with E-state index in [0.29, 0.717) is 0 Å². The summed E-state index contributed by atoms with van der Waals surface area (Å²) in [5.41, 5.74) is -3.15. The van der Waals surface area contributed by atoms with Gasteiger partial charge in [-0.3, -0.25) is 0 Å². The fraction of sp³-hybridized carbons (Fsp3) is 0.750. The Morgan fingerprint density at radius 1 is 1.15 bits per heavy atom. The van der Waals surface area contributed by atoms with Gasteiger partial charge in [0.2, 0.25) is 0 Å².